The Kier molecular flexibility index (Phi) is 4.82. The predicted molar refractivity (Wildman–Crippen MR) is 123 cm³/mol. The van der Waals surface area contributed by atoms with Crippen LogP contribution in [0.2, 0.25) is 0 Å². The molecule has 8 nitrogen and oxygen atoms in total. The van der Waals surface area contributed by atoms with E-state index in [4.69, 9.17) is 0 Å². The van der Waals surface area contributed by atoms with E-state index in [1.165, 1.54) is 10.6 Å². The molecule has 0 saturated heterocycles. The van der Waals surface area contributed by atoms with Gasteiger partial charge in [0.05, 0.1) is 24.6 Å². The van der Waals surface area contributed by atoms with Crippen molar-refractivity contribution in [2.45, 2.75) is 26.4 Å². The number of hydrogen-bond acceptors (Lipinski definition) is 4. The summed E-state index contributed by atoms with van der Waals surface area (Å²) in [6.45, 7) is 4.40. The zero-order valence-electron chi connectivity index (χ0n) is 17.7. The second-order valence-corrected chi connectivity index (χ2v) is 8.03. The fraction of sp³-hybridized carbons (Fsp3) is 0.167. The second kappa shape index (κ2) is 7.81. The van der Waals surface area contributed by atoms with Crippen molar-refractivity contribution in [1.29, 1.82) is 0 Å². The molecule has 0 aliphatic rings. The maximum Gasteiger partial charge on any atom is 0.274 e. The smallest absolute Gasteiger partial charge is 0.274 e. The lowest BCUT2D eigenvalue weighted by atomic mass is 10.1. The summed E-state index contributed by atoms with van der Waals surface area (Å²) >= 11 is 0. The number of carbonyl (C=O) groups is 1. The number of benzene rings is 2. The molecular weight excluding hydrogens is 404 g/mol. The average molecular weight is 426 g/mol. The molecule has 3 aromatic heterocycles. The predicted octanol–water partition coefficient (Wildman–Crippen LogP) is 3.17. The Morgan fingerprint density at radius 1 is 1.12 bits per heavy atom. The summed E-state index contributed by atoms with van der Waals surface area (Å²) in [6.07, 6.45) is 5.42. The molecule has 0 aliphatic carbocycles. The van der Waals surface area contributed by atoms with Gasteiger partial charge < -0.3 is 10.3 Å². The maximum absolute atomic E-state index is 12.7. The van der Waals surface area contributed by atoms with Crippen molar-refractivity contribution in [3.05, 3.63) is 88.7 Å². The lowest BCUT2D eigenvalue weighted by Crippen LogP contribution is -2.36. The monoisotopic (exact) mass is 426 g/mol. The molecule has 2 N–H and O–H groups in total. The van der Waals surface area contributed by atoms with Crippen LogP contribution >= 0.6 is 0 Å². The summed E-state index contributed by atoms with van der Waals surface area (Å²) in [6, 6.07) is 15.4. The Labute approximate surface area is 183 Å². The summed E-state index contributed by atoms with van der Waals surface area (Å²) in [5.41, 5.74) is 2.76. The Bertz CT molecular complexity index is 1510. The van der Waals surface area contributed by atoms with Gasteiger partial charge in [-0.3, -0.25) is 14.3 Å². The zero-order valence-corrected chi connectivity index (χ0v) is 17.7. The van der Waals surface area contributed by atoms with E-state index in [-0.39, 0.29) is 23.2 Å². The summed E-state index contributed by atoms with van der Waals surface area (Å²) in [7, 11) is 0. The van der Waals surface area contributed by atoms with Crippen LogP contribution in [0.1, 0.15) is 23.0 Å². The van der Waals surface area contributed by atoms with Gasteiger partial charge in [-0.2, -0.15) is 10.2 Å². The zero-order chi connectivity index (χ0) is 22.2. The molecule has 0 aliphatic heterocycles. The van der Waals surface area contributed by atoms with Gasteiger partial charge in [-0.1, -0.05) is 36.4 Å². The number of aryl methyl sites for hydroxylation is 1. The second-order valence-electron chi connectivity index (χ2n) is 8.03. The number of nitrogens with zero attached hydrogens (tertiary/aromatic N) is 4. The Balaban J connectivity index is 1.41. The van der Waals surface area contributed by atoms with E-state index < -0.39 is 0 Å². The third kappa shape index (κ3) is 3.78. The number of H-pyrrole nitrogens is 1. The number of fused-ring (bicyclic) bond motifs is 2. The summed E-state index contributed by atoms with van der Waals surface area (Å²) < 4.78 is 3.24. The van der Waals surface area contributed by atoms with Crippen molar-refractivity contribution >= 4 is 22.2 Å². The number of aromatic nitrogens is 5. The quantitative estimate of drug-likeness (QED) is 0.451. The van der Waals surface area contributed by atoms with E-state index in [1.54, 1.807) is 17.1 Å². The van der Waals surface area contributed by atoms with Crippen molar-refractivity contribution in [3.63, 3.8) is 0 Å². The molecule has 3 heterocycles. The number of amides is 1. The first-order chi connectivity index (χ1) is 15.5. The number of carbonyl (C=O) groups excluding carboxylic acids is 1. The molecule has 5 rings (SSSR count). The fourth-order valence-electron chi connectivity index (χ4n) is 3.81. The molecule has 0 spiro atoms. The molecule has 0 fully saturated rings. The molecule has 5 aromatic rings. The minimum absolute atomic E-state index is 0.155. The van der Waals surface area contributed by atoms with Crippen LogP contribution in [0.15, 0.2) is 71.9 Å². The van der Waals surface area contributed by atoms with E-state index in [0.29, 0.717) is 17.8 Å². The number of rotatable bonds is 5. The van der Waals surface area contributed by atoms with Crippen LogP contribution in [0, 0.1) is 6.92 Å². The van der Waals surface area contributed by atoms with E-state index in [9.17, 15) is 9.59 Å². The molecule has 2 aromatic carbocycles. The molecule has 0 radical (unpaired) electrons. The Morgan fingerprint density at radius 3 is 2.72 bits per heavy atom. The van der Waals surface area contributed by atoms with Crippen LogP contribution in [0.5, 0.6) is 0 Å². The van der Waals surface area contributed by atoms with Crippen molar-refractivity contribution in [3.8, 4) is 11.3 Å². The maximum atomic E-state index is 12.7. The highest BCUT2D eigenvalue weighted by Gasteiger charge is 2.16. The van der Waals surface area contributed by atoms with Gasteiger partial charge in [-0.05, 0) is 36.2 Å². The van der Waals surface area contributed by atoms with Gasteiger partial charge in [0.1, 0.15) is 5.52 Å². The van der Waals surface area contributed by atoms with Crippen molar-refractivity contribution in [2.75, 3.05) is 0 Å². The highest BCUT2D eigenvalue weighted by molar-refractivity contribution is 5.93. The van der Waals surface area contributed by atoms with E-state index in [1.807, 2.05) is 62.5 Å². The van der Waals surface area contributed by atoms with Crippen molar-refractivity contribution < 1.29 is 4.79 Å². The first kappa shape index (κ1) is 19.7. The van der Waals surface area contributed by atoms with Gasteiger partial charge in [-0.25, -0.2) is 4.52 Å². The van der Waals surface area contributed by atoms with E-state index in [2.05, 4.69) is 20.5 Å². The lowest BCUT2D eigenvalue weighted by Gasteiger charge is -2.12. The SMILES string of the molecule is Cc1cnn(CC(C)NC(=O)c2cc3c(=O)[nH]c(-c4ccc5ccccc5c4)cn3n2)c1. The summed E-state index contributed by atoms with van der Waals surface area (Å²) in [5, 5.41) is 13.7. The van der Waals surface area contributed by atoms with Crippen LogP contribution < -0.4 is 10.9 Å². The number of hydrogen-bond donors (Lipinski definition) is 2. The Hall–Kier alpha value is -4.20. The Morgan fingerprint density at radius 2 is 1.94 bits per heavy atom. The molecule has 32 heavy (non-hydrogen) atoms. The lowest BCUT2D eigenvalue weighted by molar-refractivity contribution is 0.0930. The third-order valence-electron chi connectivity index (χ3n) is 5.36. The van der Waals surface area contributed by atoms with Gasteiger partial charge in [0.15, 0.2) is 5.69 Å². The van der Waals surface area contributed by atoms with Crippen LogP contribution in [0.3, 0.4) is 0 Å². The fourth-order valence-corrected chi connectivity index (χ4v) is 3.81. The molecule has 160 valence electrons. The molecule has 1 unspecified atom stereocenters. The van der Waals surface area contributed by atoms with E-state index in [0.717, 1.165) is 21.9 Å². The van der Waals surface area contributed by atoms with Crippen molar-refractivity contribution in [1.82, 2.24) is 29.7 Å². The highest BCUT2D eigenvalue weighted by Crippen LogP contribution is 2.22. The summed E-state index contributed by atoms with van der Waals surface area (Å²) in [5.74, 6) is -0.336. The van der Waals surface area contributed by atoms with Crippen LogP contribution in [-0.4, -0.2) is 36.3 Å². The topological polar surface area (TPSA) is 97.1 Å². The van der Waals surface area contributed by atoms with Gasteiger partial charge in [-0.15, -0.1) is 0 Å². The number of nitrogens with one attached hydrogen (secondary N) is 2. The normalized spacial score (nSPS) is 12.3. The van der Waals surface area contributed by atoms with Gasteiger partial charge in [0.2, 0.25) is 0 Å². The highest BCUT2D eigenvalue weighted by atomic mass is 16.2. The van der Waals surface area contributed by atoms with Gasteiger partial charge >= 0.3 is 0 Å². The molecular formula is C24H22N6O2. The van der Waals surface area contributed by atoms with E-state index >= 15 is 0 Å². The molecule has 1 atom stereocenters. The third-order valence-corrected chi connectivity index (χ3v) is 5.36. The minimum Gasteiger partial charge on any atom is -0.346 e. The summed E-state index contributed by atoms with van der Waals surface area (Å²) in [4.78, 5) is 28.3. The minimum atomic E-state index is -0.336. The van der Waals surface area contributed by atoms with Gasteiger partial charge in [0.25, 0.3) is 11.5 Å². The number of aromatic amines is 1. The largest absolute Gasteiger partial charge is 0.346 e. The molecule has 0 saturated carbocycles. The molecule has 8 heteroatoms. The molecule has 1 amide bonds. The standard InChI is InChI=1S/C24H22N6O2/c1-15-11-25-29(12-15)13-16(2)26-23(31)20-10-22-24(32)27-21(14-30(22)28-20)19-8-7-17-5-3-4-6-18(17)9-19/h3-12,14,16H,13H2,1-2H3,(H,26,31)(H,27,32). The average Bonchev–Trinajstić information content (AvgIpc) is 3.39. The van der Waals surface area contributed by atoms with Crippen LogP contribution in [0.4, 0.5) is 0 Å². The van der Waals surface area contributed by atoms with Crippen molar-refractivity contribution in [2.24, 2.45) is 0 Å². The first-order valence-electron chi connectivity index (χ1n) is 10.4. The van der Waals surface area contributed by atoms with Crippen LogP contribution in [0.25, 0.3) is 27.5 Å². The van der Waals surface area contributed by atoms with Gasteiger partial charge in [0, 0.05) is 23.9 Å². The van der Waals surface area contributed by atoms with Crippen LogP contribution in [-0.2, 0) is 6.54 Å². The first-order valence-corrected chi connectivity index (χ1v) is 10.4. The molecule has 0 bridgehead atoms.